The number of carbonyl (C=O) groups is 4. The summed E-state index contributed by atoms with van der Waals surface area (Å²) in [6, 6.07) is 5.88. The molecule has 2 N–H and O–H groups in total. The zero-order valence-corrected chi connectivity index (χ0v) is 23.5. The van der Waals surface area contributed by atoms with Gasteiger partial charge in [0.1, 0.15) is 27.5 Å². The Hall–Kier alpha value is -1.88. The number of hydrogen-bond acceptors (Lipinski definition) is 6. The molecule has 2 amide bonds. The Kier molecular flexibility index (Phi) is 7.87. The number of carbonyl (C=O) groups excluding carboxylic acids is 3. The van der Waals surface area contributed by atoms with Crippen molar-refractivity contribution in [3.8, 4) is 5.75 Å². The van der Waals surface area contributed by atoms with Crippen LogP contribution in [0.15, 0.2) is 30.3 Å². The third kappa shape index (κ3) is 4.86. The molecule has 3 unspecified atom stereocenters. The van der Waals surface area contributed by atoms with E-state index >= 15 is 0 Å². The average Bonchev–Trinajstić information content (AvgIpc) is 3.11. The second-order valence-corrected chi connectivity index (χ2v) is 12.4. The number of aliphatic carboxylic acids is 1. The number of amides is 2. The Morgan fingerprint density at radius 3 is 2.08 bits per heavy atom. The van der Waals surface area contributed by atoms with Crippen molar-refractivity contribution in [2.45, 2.75) is 42.0 Å². The molecule has 0 aliphatic carbocycles. The van der Waals surface area contributed by atoms with Crippen LogP contribution in [0.2, 0.25) is 25.1 Å². The van der Waals surface area contributed by atoms with Crippen molar-refractivity contribution in [1.82, 2.24) is 10.2 Å². The number of thioether (sulfide) groups is 1. The summed E-state index contributed by atoms with van der Waals surface area (Å²) in [5.74, 6) is -5.55. The van der Waals surface area contributed by atoms with E-state index in [1.807, 2.05) is 0 Å². The number of nitrogens with zero attached hydrogens (tertiary/aromatic N) is 1. The van der Waals surface area contributed by atoms with Gasteiger partial charge in [-0.1, -0.05) is 88.3 Å². The molecule has 8 nitrogen and oxygen atoms in total. The monoisotopic (exact) mass is 624 g/mol. The summed E-state index contributed by atoms with van der Waals surface area (Å²) < 4.78 is 4.60. The van der Waals surface area contributed by atoms with Crippen LogP contribution >= 0.6 is 69.8 Å². The molecule has 4 atom stereocenters. The maximum absolute atomic E-state index is 13.4. The van der Waals surface area contributed by atoms with E-state index in [1.165, 1.54) is 28.8 Å². The Balaban J connectivity index is 1.62. The maximum Gasteiger partial charge on any atom is 0.328 e. The first-order chi connectivity index (χ1) is 17.3. The number of hydrogen-bond donors (Lipinski definition) is 2. The summed E-state index contributed by atoms with van der Waals surface area (Å²) in [6.45, 7) is 3.42. The second kappa shape index (κ2) is 10.4. The molecule has 2 heterocycles. The SMILES string of the molecule is CC1(C)S[C@H]2C(NC(=O)C(C(=O)Oc3c(Cl)c(Cl)c(Cl)c(Cl)c3Cl)c3ccccc3)C(=O)N2C1C(=O)O. The number of carboxylic acid groups (broad SMARTS) is 1. The van der Waals surface area contributed by atoms with Crippen LogP contribution in [-0.4, -0.2) is 56.0 Å². The van der Waals surface area contributed by atoms with Gasteiger partial charge in [-0.2, -0.15) is 0 Å². The van der Waals surface area contributed by atoms with Crippen molar-refractivity contribution in [1.29, 1.82) is 0 Å². The number of halogens is 5. The number of ether oxygens (including phenoxy) is 1. The summed E-state index contributed by atoms with van der Waals surface area (Å²) in [6.07, 6.45) is 0. The standard InChI is InChI=1S/C23H17Cl5N2O6S/c1-23(2)17(21(33)34)30-19(32)15(20(30)37-23)29-18(31)9(8-6-4-3-5-7-8)22(35)36-16-13(27)11(25)10(24)12(26)14(16)28/h3-7,9,15,17,20H,1-2H3,(H,29,31)(H,33,34)/t9?,15?,17?,20-/m0/s1. The highest BCUT2D eigenvalue weighted by Crippen LogP contribution is 2.51. The maximum atomic E-state index is 13.4. The molecular formula is C23H17Cl5N2O6S. The van der Waals surface area contributed by atoms with Crippen molar-refractivity contribution in [3.63, 3.8) is 0 Å². The normalized spacial score (nSPS) is 22.6. The van der Waals surface area contributed by atoms with Crippen LogP contribution in [0.3, 0.4) is 0 Å². The van der Waals surface area contributed by atoms with Crippen LogP contribution in [0.5, 0.6) is 5.75 Å². The minimum absolute atomic E-state index is 0.139. The molecule has 2 fully saturated rings. The minimum atomic E-state index is -1.54. The summed E-state index contributed by atoms with van der Waals surface area (Å²) in [5, 5.41) is 10.5. The van der Waals surface area contributed by atoms with E-state index in [0.717, 1.165) is 0 Å². The Bertz CT molecular complexity index is 1300. The van der Waals surface area contributed by atoms with Gasteiger partial charge < -0.3 is 20.1 Å². The smallest absolute Gasteiger partial charge is 0.328 e. The first kappa shape index (κ1) is 28.1. The lowest BCUT2D eigenvalue weighted by Crippen LogP contribution is -2.71. The molecule has 2 saturated heterocycles. The highest BCUT2D eigenvalue weighted by atomic mass is 35.5. The zero-order valence-electron chi connectivity index (χ0n) is 18.9. The largest absolute Gasteiger partial charge is 0.480 e. The number of fused-ring (bicyclic) bond motifs is 1. The van der Waals surface area contributed by atoms with Gasteiger partial charge in [0.15, 0.2) is 11.7 Å². The lowest BCUT2D eigenvalue weighted by atomic mass is 9.94. The number of carboxylic acids is 1. The molecule has 0 saturated carbocycles. The van der Waals surface area contributed by atoms with Gasteiger partial charge in [-0.15, -0.1) is 11.8 Å². The van der Waals surface area contributed by atoms with Gasteiger partial charge in [-0.05, 0) is 19.4 Å². The molecule has 4 rings (SSSR count). The molecule has 2 aromatic carbocycles. The average molecular weight is 627 g/mol. The van der Waals surface area contributed by atoms with Gasteiger partial charge in [0.25, 0.3) is 0 Å². The Morgan fingerprint density at radius 2 is 1.54 bits per heavy atom. The fraction of sp³-hybridized carbons (Fsp3) is 0.304. The van der Waals surface area contributed by atoms with Gasteiger partial charge in [0.05, 0.1) is 15.1 Å². The highest BCUT2D eigenvalue weighted by Gasteiger charge is 2.64. The molecule has 2 aliphatic heterocycles. The van der Waals surface area contributed by atoms with Crippen LogP contribution in [0.4, 0.5) is 0 Å². The topological polar surface area (TPSA) is 113 Å². The van der Waals surface area contributed by atoms with Gasteiger partial charge >= 0.3 is 11.9 Å². The van der Waals surface area contributed by atoms with Crippen molar-refractivity contribution in [3.05, 3.63) is 61.0 Å². The lowest BCUT2D eigenvalue weighted by molar-refractivity contribution is -0.161. The fourth-order valence-electron chi connectivity index (χ4n) is 4.26. The first-order valence-corrected chi connectivity index (χ1v) is 13.4. The minimum Gasteiger partial charge on any atom is -0.480 e. The summed E-state index contributed by atoms with van der Waals surface area (Å²) >= 11 is 31.7. The summed E-state index contributed by atoms with van der Waals surface area (Å²) in [7, 11) is 0. The second-order valence-electron chi connectivity index (χ2n) is 8.75. The van der Waals surface area contributed by atoms with Gasteiger partial charge in [0.2, 0.25) is 11.8 Å². The Labute approximate surface area is 240 Å². The molecule has 0 bridgehead atoms. The van der Waals surface area contributed by atoms with Crippen molar-refractivity contribution < 1.29 is 29.0 Å². The molecule has 0 spiro atoms. The highest BCUT2D eigenvalue weighted by molar-refractivity contribution is 8.01. The van der Waals surface area contributed by atoms with Crippen LogP contribution in [-0.2, 0) is 19.2 Å². The van der Waals surface area contributed by atoms with E-state index in [9.17, 15) is 24.3 Å². The van der Waals surface area contributed by atoms with Crippen LogP contribution in [0, 0.1) is 0 Å². The van der Waals surface area contributed by atoms with Crippen molar-refractivity contribution >= 4 is 93.5 Å². The predicted octanol–water partition coefficient (Wildman–Crippen LogP) is 5.27. The quantitative estimate of drug-likeness (QED) is 0.112. The number of β-lactam (4-membered cyclic amide) rings is 1. The van der Waals surface area contributed by atoms with Gasteiger partial charge in [-0.25, -0.2) is 4.79 Å². The first-order valence-electron chi connectivity index (χ1n) is 10.6. The van der Waals surface area contributed by atoms with E-state index in [-0.39, 0.29) is 36.4 Å². The molecule has 196 valence electrons. The van der Waals surface area contributed by atoms with Crippen LogP contribution in [0.25, 0.3) is 0 Å². The molecule has 37 heavy (non-hydrogen) atoms. The fourth-order valence-corrected chi connectivity index (χ4v) is 7.08. The van der Waals surface area contributed by atoms with Crippen LogP contribution < -0.4 is 10.1 Å². The van der Waals surface area contributed by atoms with E-state index < -0.39 is 51.9 Å². The van der Waals surface area contributed by atoms with Gasteiger partial charge in [0, 0.05) is 4.75 Å². The van der Waals surface area contributed by atoms with E-state index in [4.69, 9.17) is 62.7 Å². The van der Waals surface area contributed by atoms with Crippen molar-refractivity contribution in [2.75, 3.05) is 0 Å². The molecule has 14 heteroatoms. The molecule has 2 aliphatic rings. The number of esters is 1. The third-order valence-electron chi connectivity index (χ3n) is 5.98. The van der Waals surface area contributed by atoms with E-state index in [2.05, 4.69) is 5.32 Å². The van der Waals surface area contributed by atoms with E-state index in [0.29, 0.717) is 0 Å². The summed E-state index contributed by atoms with van der Waals surface area (Å²) in [5.41, 5.74) is 0.259. The summed E-state index contributed by atoms with van der Waals surface area (Å²) in [4.78, 5) is 52.5. The molecular weight excluding hydrogens is 610 g/mol. The van der Waals surface area contributed by atoms with E-state index in [1.54, 1.807) is 32.0 Å². The molecule has 0 aromatic heterocycles. The molecule has 0 radical (unpaired) electrons. The number of rotatable bonds is 6. The zero-order chi connectivity index (χ0) is 27.4. The number of nitrogens with one attached hydrogen (secondary N) is 1. The van der Waals surface area contributed by atoms with Crippen LogP contribution in [0.1, 0.15) is 25.3 Å². The van der Waals surface area contributed by atoms with Crippen molar-refractivity contribution in [2.24, 2.45) is 0 Å². The lowest BCUT2D eigenvalue weighted by Gasteiger charge is -2.43. The number of benzene rings is 2. The molecule has 2 aromatic rings. The Morgan fingerprint density at radius 1 is 1.00 bits per heavy atom. The van der Waals surface area contributed by atoms with Gasteiger partial charge in [-0.3, -0.25) is 14.4 Å². The third-order valence-corrected chi connectivity index (χ3v) is 9.79. The predicted molar refractivity (Wildman–Crippen MR) is 142 cm³/mol.